The van der Waals surface area contributed by atoms with E-state index in [1.54, 1.807) is 19.2 Å². The molecule has 180 valence electrons. The molecular formula is C27H29N5O3. The molecule has 1 aliphatic heterocycles. The van der Waals surface area contributed by atoms with Gasteiger partial charge in [0.15, 0.2) is 11.6 Å². The number of carbonyl (C=O) groups is 1. The van der Waals surface area contributed by atoms with Crippen molar-refractivity contribution in [3.63, 3.8) is 0 Å². The van der Waals surface area contributed by atoms with Gasteiger partial charge in [0, 0.05) is 39.7 Å². The summed E-state index contributed by atoms with van der Waals surface area (Å²) >= 11 is 0. The highest BCUT2D eigenvalue weighted by Gasteiger charge is 2.20. The molecule has 0 unspecified atom stereocenters. The summed E-state index contributed by atoms with van der Waals surface area (Å²) in [5.74, 6) is 2.31. The molecule has 8 heteroatoms. The van der Waals surface area contributed by atoms with Crippen LogP contribution >= 0.6 is 0 Å². The summed E-state index contributed by atoms with van der Waals surface area (Å²) in [6.07, 6.45) is 0.821. The highest BCUT2D eigenvalue weighted by atomic mass is 16.5. The van der Waals surface area contributed by atoms with Gasteiger partial charge in [-0.3, -0.25) is 9.69 Å². The maximum absolute atomic E-state index is 12.5. The number of benzene rings is 2. The van der Waals surface area contributed by atoms with Gasteiger partial charge in [0.25, 0.3) is 5.91 Å². The molecule has 0 spiro atoms. The number of hydrogen-bond acceptors (Lipinski definition) is 6. The molecule has 0 fully saturated rings. The van der Waals surface area contributed by atoms with Crippen molar-refractivity contribution < 1.29 is 13.9 Å². The summed E-state index contributed by atoms with van der Waals surface area (Å²) in [6.45, 7) is 4.12. The van der Waals surface area contributed by atoms with Crippen LogP contribution in [0.1, 0.15) is 33.5 Å². The Hall–Kier alpha value is -3.75. The van der Waals surface area contributed by atoms with E-state index in [2.05, 4.69) is 73.5 Å². The van der Waals surface area contributed by atoms with Gasteiger partial charge in [0.1, 0.15) is 18.2 Å². The molecule has 0 saturated heterocycles. The minimum Gasteiger partial charge on any atom is -0.453 e. The first-order valence-electron chi connectivity index (χ1n) is 11.8. The van der Waals surface area contributed by atoms with E-state index in [0.717, 1.165) is 44.2 Å². The second-order valence-corrected chi connectivity index (χ2v) is 8.65. The van der Waals surface area contributed by atoms with E-state index in [9.17, 15) is 4.79 Å². The summed E-state index contributed by atoms with van der Waals surface area (Å²) in [4.78, 5) is 14.9. The molecule has 1 aliphatic rings. The largest absolute Gasteiger partial charge is 0.453 e. The smallest absolute Gasteiger partial charge is 0.287 e. The zero-order valence-electron chi connectivity index (χ0n) is 19.8. The van der Waals surface area contributed by atoms with Crippen LogP contribution in [0.4, 0.5) is 0 Å². The Morgan fingerprint density at radius 1 is 0.971 bits per heavy atom. The molecule has 0 atom stereocenters. The van der Waals surface area contributed by atoms with Crippen LogP contribution in [0.2, 0.25) is 0 Å². The van der Waals surface area contributed by atoms with Crippen LogP contribution in [-0.4, -0.2) is 45.8 Å². The summed E-state index contributed by atoms with van der Waals surface area (Å²) in [5, 5.41) is 11.6. The van der Waals surface area contributed by atoms with Crippen molar-refractivity contribution in [3.05, 3.63) is 95.5 Å². The maximum atomic E-state index is 12.5. The minimum atomic E-state index is -0.279. The highest BCUT2D eigenvalue weighted by Crippen LogP contribution is 2.20. The lowest BCUT2D eigenvalue weighted by Gasteiger charge is -2.20. The topological polar surface area (TPSA) is 85.4 Å². The summed E-state index contributed by atoms with van der Waals surface area (Å²) < 4.78 is 12.7. The van der Waals surface area contributed by atoms with E-state index in [-0.39, 0.29) is 11.7 Å². The zero-order valence-corrected chi connectivity index (χ0v) is 19.8. The first kappa shape index (κ1) is 23.0. The number of amides is 1. The lowest BCUT2D eigenvalue weighted by molar-refractivity contribution is 0.0913. The van der Waals surface area contributed by atoms with Crippen molar-refractivity contribution in [2.45, 2.75) is 32.7 Å². The van der Waals surface area contributed by atoms with Gasteiger partial charge in [0.2, 0.25) is 0 Å². The monoisotopic (exact) mass is 471 g/mol. The van der Waals surface area contributed by atoms with Gasteiger partial charge in [-0.2, -0.15) is 0 Å². The molecule has 0 bridgehead atoms. The van der Waals surface area contributed by atoms with Gasteiger partial charge < -0.3 is 19.0 Å². The van der Waals surface area contributed by atoms with Crippen molar-refractivity contribution in [1.29, 1.82) is 0 Å². The third kappa shape index (κ3) is 5.50. The molecule has 2 aromatic heterocycles. The second-order valence-electron chi connectivity index (χ2n) is 8.65. The Bertz CT molecular complexity index is 1260. The molecular weight excluding hydrogens is 442 g/mol. The Morgan fingerprint density at radius 3 is 2.57 bits per heavy atom. The Balaban J connectivity index is 1.16. The van der Waals surface area contributed by atoms with Crippen LogP contribution in [0.15, 0.2) is 71.1 Å². The molecule has 4 aromatic rings. The average Bonchev–Trinajstić information content (AvgIpc) is 3.47. The van der Waals surface area contributed by atoms with E-state index in [0.29, 0.717) is 18.9 Å². The molecule has 3 heterocycles. The predicted molar refractivity (Wildman–Crippen MR) is 131 cm³/mol. The zero-order chi connectivity index (χ0) is 24.0. The van der Waals surface area contributed by atoms with Gasteiger partial charge in [0.05, 0.1) is 6.54 Å². The average molecular weight is 472 g/mol. The minimum absolute atomic E-state index is 0.261. The van der Waals surface area contributed by atoms with Gasteiger partial charge >= 0.3 is 0 Å². The van der Waals surface area contributed by atoms with E-state index in [1.165, 1.54) is 16.7 Å². The van der Waals surface area contributed by atoms with E-state index in [1.807, 2.05) is 6.07 Å². The Morgan fingerprint density at radius 2 is 1.77 bits per heavy atom. The highest BCUT2D eigenvalue weighted by molar-refractivity contribution is 5.91. The Kier molecular flexibility index (Phi) is 7.02. The first-order chi connectivity index (χ1) is 17.2. The summed E-state index contributed by atoms with van der Waals surface area (Å²) in [6, 6.07) is 22.6. The first-order valence-corrected chi connectivity index (χ1v) is 11.8. The number of methoxy groups -OCH3 is 1. The number of ether oxygens (including phenoxy) is 1. The van der Waals surface area contributed by atoms with Crippen LogP contribution in [0.3, 0.4) is 0 Å². The lowest BCUT2D eigenvalue weighted by Crippen LogP contribution is -2.28. The molecule has 0 saturated carbocycles. The number of carbonyl (C=O) groups excluding carboxylic acids is 1. The maximum Gasteiger partial charge on any atom is 0.287 e. The number of rotatable bonds is 8. The van der Waals surface area contributed by atoms with Gasteiger partial charge in [-0.25, -0.2) is 0 Å². The van der Waals surface area contributed by atoms with Crippen LogP contribution in [0, 0.1) is 0 Å². The van der Waals surface area contributed by atoms with Gasteiger partial charge in [-0.05, 0) is 28.8 Å². The van der Waals surface area contributed by atoms with Crippen molar-refractivity contribution in [2.75, 3.05) is 20.2 Å². The van der Waals surface area contributed by atoms with Crippen LogP contribution < -0.4 is 5.32 Å². The van der Waals surface area contributed by atoms with Gasteiger partial charge in [-0.15, -0.1) is 10.2 Å². The fourth-order valence-electron chi connectivity index (χ4n) is 4.37. The normalized spacial score (nSPS) is 13.9. The lowest BCUT2D eigenvalue weighted by atomic mass is 10.0. The standard InChI is InChI=1S/C27H29N5O3/c1-34-19-23-11-12-24(35-23)27(33)28-17-26-30-29-25-13-14-31(15-16-32(25)26)18-20-7-9-22(10-8-20)21-5-3-2-4-6-21/h2-12H,13-19H2,1H3,(H,28,33). The molecule has 0 radical (unpaired) electrons. The molecule has 8 nitrogen and oxygen atoms in total. The van der Waals surface area contributed by atoms with E-state index >= 15 is 0 Å². The molecule has 0 aliphatic carbocycles. The van der Waals surface area contributed by atoms with Crippen molar-refractivity contribution in [2.24, 2.45) is 0 Å². The third-order valence-corrected chi connectivity index (χ3v) is 6.24. The number of aromatic nitrogens is 3. The fraction of sp³-hybridized carbons (Fsp3) is 0.296. The Labute approximate surface area is 204 Å². The molecule has 35 heavy (non-hydrogen) atoms. The third-order valence-electron chi connectivity index (χ3n) is 6.24. The van der Waals surface area contributed by atoms with Crippen molar-refractivity contribution in [1.82, 2.24) is 25.0 Å². The fourth-order valence-corrected chi connectivity index (χ4v) is 4.37. The van der Waals surface area contributed by atoms with Crippen LogP contribution in [0.5, 0.6) is 0 Å². The number of nitrogens with zero attached hydrogens (tertiary/aromatic N) is 4. The summed E-state index contributed by atoms with van der Waals surface area (Å²) in [7, 11) is 1.59. The number of hydrogen-bond donors (Lipinski definition) is 1. The quantitative estimate of drug-likeness (QED) is 0.422. The number of fused-ring (bicyclic) bond motifs is 1. The predicted octanol–water partition coefficient (Wildman–Crippen LogP) is 3.67. The van der Waals surface area contributed by atoms with Crippen molar-refractivity contribution >= 4 is 5.91 Å². The molecule has 1 N–H and O–H groups in total. The molecule has 2 aromatic carbocycles. The van der Waals surface area contributed by atoms with Crippen molar-refractivity contribution in [3.8, 4) is 11.1 Å². The molecule has 1 amide bonds. The number of furan rings is 1. The number of nitrogens with one attached hydrogen (secondary N) is 1. The van der Waals surface area contributed by atoms with Crippen LogP contribution in [-0.2, 0) is 37.4 Å². The van der Waals surface area contributed by atoms with Gasteiger partial charge in [-0.1, -0.05) is 54.6 Å². The second kappa shape index (κ2) is 10.7. The SMILES string of the molecule is COCc1ccc(C(=O)NCc2nnc3n2CCN(Cc2ccc(-c4ccccc4)cc2)CC3)o1. The summed E-state index contributed by atoms with van der Waals surface area (Å²) in [5.41, 5.74) is 3.75. The van der Waals surface area contributed by atoms with E-state index in [4.69, 9.17) is 9.15 Å². The molecule has 5 rings (SSSR count). The van der Waals surface area contributed by atoms with E-state index < -0.39 is 0 Å². The van der Waals surface area contributed by atoms with Crippen LogP contribution in [0.25, 0.3) is 11.1 Å².